The summed E-state index contributed by atoms with van der Waals surface area (Å²) in [5.41, 5.74) is 1.17. The van der Waals surface area contributed by atoms with Gasteiger partial charge in [-0.2, -0.15) is 0 Å². The number of nitrogens with zero attached hydrogens (tertiary/aromatic N) is 2. The Morgan fingerprint density at radius 1 is 1.25 bits per heavy atom. The Balaban J connectivity index is 1.76. The molecule has 28 heavy (non-hydrogen) atoms. The second-order valence-corrected chi connectivity index (χ2v) is 7.26. The van der Waals surface area contributed by atoms with Crippen LogP contribution in [-0.2, 0) is 11.3 Å². The van der Waals surface area contributed by atoms with Crippen molar-refractivity contribution in [3.05, 3.63) is 64.4 Å². The smallest absolute Gasteiger partial charge is 0.258 e. The number of carbonyl (C=O) groups excluding carboxylic acids is 2. The summed E-state index contributed by atoms with van der Waals surface area (Å²) in [7, 11) is 3.18. The van der Waals surface area contributed by atoms with Gasteiger partial charge in [0.2, 0.25) is 5.91 Å². The molecule has 148 valence electrons. The van der Waals surface area contributed by atoms with Gasteiger partial charge < -0.3 is 14.5 Å². The molecule has 1 heterocycles. The lowest BCUT2D eigenvalue weighted by atomic mass is 10.1. The monoisotopic (exact) mass is 404 g/mol. The fourth-order valence-electron chi connectivity index (χ4n) is 3.46. The van der Waals surface area contributed by atoms with Crippen molar-refractivity contribution < 1.29 is 18.7 Å². The van der Waals surface area contributed by atoms with Crippen molar-refractivity contribution in [3.8, 4) is 5.75 Å². The molecule has 1 aliphatic heterocycles. The largest absolute Gasteiger partial charge is 0.496 e. The predicted octanol–water partition coefficient (Wildman–Crippen LogP) is 3.75. The van der Waals surface area contributed by atoms with Crippen molar-refractivity contribution in [1.29, 1.82) is 0 Å². The number of methoxy groups -OCH3 is 1. The van der Waals surface area contributed by atoms with Crippen LogP contribution in [0.25, 0.3) is 0 Å². The molecular formula is C21H22ClFN2O3. The summed E-state index contributed by atoms with van der Waals surface area (Å²) in [6.45, 7) is 0.841. The highest BCUT2D eigenvalue weighted by molar-refractivity contribution is 6.31. The molecule has 0 aromatic heterocycles. The highest BCUT2D eigenvalue weighted by Crippen LogP contribution is 2.28. The molecule has 2 aromatic rings. The zero-order chi connectivity index (χ0) is 20.3. The SMILES string of the molecule is COc1ccc(Cl)cc1C(=O)N1CCC[C@H]1C(=O)N(C)Cc1ccc(F)cc1. The maximum atomic E-state index is 13.1. The van der Waals surface area contributed by atoms with E-state index >= 15 is 0 Å². The van der Waals surface area contributed by atoms with Crippen molar-refractivity contribution in [3.63, 3.8) is 0 Å². The number of carbonyl (C=O) groups is 2. The van der Waals surface area contributed by atoms with Gasteiger partial charge in [-0.05, 0) is 48.7 Å². The normalized spacial score (nSPS) is 16.1. The topological polar surface area (TPSA) is 49.9 Å². The Kier molecular flexibility index (Phi) is 6.19. The number of hydrogen-bond acceptors (Lipinski definition) is 3. The van der Waals surface area contributed by atoms with E-state index in [2.05, 4.69) is 0 Å². The summed E-state index contributed by atoms with van der Waals surface area (Å²) in [6.07, 6.45) is 1.34. The van der Waals surface area contributed by atoms with Crippen LogP contribution in [0.15, 0.2) is 42.5 Å². The van der Waals surface area contributed by atoms with Crippen molar-refractivity contribution in [1.82, 2.24) is 9.80 Å². The van der Waals surface area contributed by atoms with Crippen molar-refractivity contribution >= 4 is 23.4 Å². The second kappa shape index (κ2) is 8.61. The van der Waals surface area contributed by atoms with Gasteiger partial charge in [0, 0.05) is 25.2 Å². The zero-order valence-electron chi connectivity index (χ0n) is 15.8. The fourth-order valence-corrected chi connectivity index (χ4v) is 3.64. The minimum atomic E-state index is -0.540. The number of halogens is 2. The van der Waals surface area contributed by atoms with Gasteiger partial charge in [0.15, 0.2) is 0 Å². The average Bonchev–Trinajstić information content (AvgIpc) is 3.18. The summed E-state index contributed by atoms with van der Waals surface area (Å²) in [6, 6.07) is 10.3. The van der Waals surface area contributed by atoms with Crippen LogP contribution in [-0.4, -0.2) is 48.4 Å². The Bertz CT molecular complexity index is 872. The molecule has 2 aromatic carbocycles. The Morgan fingerprint density at radius 2 is 1.96 bits per heavy atom. The minimum absolute atomic E-state index is 0.142. The van der Waals surface area contributed by atoms with Gasteiger partial charge in [-0.1, -0.05) is 23.7 Å². The van der Waals surface area contributed by atoms with E-state index in [4.69, 9.17) is 16.3 Å². The molecule has 0 saturated carbocycles. The van der Waals surface area contributed by atoms with E-state index in [1.165, 1.54) is 19.2 Å². The van der Waals surface area contributed by atoms with E-state index in [0.29, 0.717) is 35.8 Å². The van der Waals surface area contributed by atoms with Crippen LogP contribution < -0.4 is 4.74 Å². The summed E-state index contributed by atoms with van der Waals surface area (Å²) in [4.78, 5) is 29.2. The summed E-state index contributed by atoms with van der Waals surface area (Å²) < 4.78 is 18.4. The molecule has 3 rings (SSSR count). The van der Waals surface area contributed by atoms with Crippen molar-refractivity contribution in [2.24, 2.45) is 0 Å². The molecule has 0 N–H and O–H groups in total. The van der Waals surface area contributed by atoms with E-state index in [1.807, 2.05) is 0 Å². The average molecular weight is 405 g/mol. The maximum Gasteiger partial charge on any atom is 0.258 e. The Morgan fingerprint density at radius 3 is 2.64 bits per heavy atom. The molecule has 1 saturated heterocycles. The van der Waals surface area contributed by atoms with Gasteiger partial charge in [-0.15, -0.1) is 0 Å². The molecule has 0 spiro atoms. The van der Waals surface area contributed by atoms with Crippen LogP contribution in [0.4, 0.5) is 4.39 Å². The molecule has 0 bridgehead atoms. The summed E-state index contributed by atoms with van der Waals surface area (Å²) in [5, 5.41) is 0.430. The van der Waals surface area contributed by atoms with Crippen molar-refractivity contribution in [2.45, 2.75) is 25.4 Å². The zero-order valence-corrected chi connectivity index (χ0v) is 16.6. The number of likely N-dealkylation sites (N-methyl/N-ethyl adjacent to an activating group) is 1. The molecule has 0 unspecified atom stereocenters. The first kappa shape index (κ1) is 20.1. The molecule has 1 fully saturated rings. The Hall–Kier alpha value is -2.60. The molecule has 2 amide bonds. The lowest BCUT2D eigenvalue weighted by molar-refractivity contribution is -0.134. The Labute approximate surface area is 168 Å². The number of hydrogen-bond donors (Lipinski definition) is 0. The fraction of sp³-hybridized carbons (Fsp3) is 0.333. The van der Waals surface area contributed by atoms with Crippen LogP contribution >= 0.6 is 11.6 Å². The van der Waals surface area contributed by atoms with Gasteiger partial charge in [0.1, 0.15) is 17.6 Å². The number of amides is 2. The molecule has 0 radical (unpaired) electrons. The molecular weight excluding hydrogens is 383 g/mol. The van der Waals surface area contributed by atoms with Gasteiger partial charge >= 0.3 is 0 Å². The third kappa shape index (κ3) is 4.28. The number of benzene rings is 2. The summed E-state index contributed by atoms with van der Waals surface area (Å²) >= 11 is 6.05. The highest BCUT2D eigenvalue weighted by Gasteiger charge is 2.37. The first-order valence-electron chi connectivity index (χ1n) is 9.04. The van der Waals surface area contributed by atoms with Crippen LogP contribution in [0.1, 0.15) is 28.8 Å². The maximum absolute atomic E-state index is 13.1. The third-order valence-corrected chi connectivity index (χ3v) is 5.13. The van der Waals surface area contributed by atoms with Crippen LogP contribution in [0.2, 0.25) is 5.02 Å². The predicted molar refractivity (Wildman–Crippen MR) is 105 cm³/mol. The number of rotatable bonds is 5. The van der Waals surface area contributed by atoms with E-state index < -0.39 is 6.04 Å². The lowest BCUT2D eigenvalue weighted by Gasteiger charge is -2.28. The number of likely N-dealkylation sites (tertiary alicyclic amines) is 1. The van der Waals surface area contributed by atoms with Gasteiger partial charge in [-0.25, -0.2) is 4.39 Å². The number of ether oxygens (including phenoxy) is 1. The quantitative estimate of drug-likeness (QED) is 0.762. The summed E-state index contributed by atoms with van der Waals surface area (Å²) in [5.74, 6) is -0.311. The van der Waals surface area contributed by atoms with Crippen molar-refractivity contribution in [2.75, 3.05) is 20.7 Å². The molecule has 1 aliphatic rings. The first-order chi connectivity index (χ1) is 13.4. The molecule has 1 atom stereocenters. The van der Waals surface area contributed by atoms with Crippen LogP contribution in [0.5, 0.6) is 5.75 Å². The molecule has 5 nitrogen and oxygen atoms in total. The van der Waals surface area contributed by atoms with Gasteiger partial charge in [0.05, 0.1) is 12.7 Å². The van der Waals surface area contributed by atoms with E-state index in [-0.39, 0.29) is 17.6 Å². The van der Waals surface area contributed by atoms with Crippen LogP contribution in [0, 0.1) is 5.82 Å². The molecule has 0 aliphatic carbocycles. The van der Waals surface area contributed by atoms with E-state index in [1.54, 1.807) is 47.2 Å². The minimum Gasteiger partial charge on any atom is -0.496 e. The first-order valence-corrected chi connectivity index (χ1v) is 9.42. The van der Waals surface area contributed by atoms with Gasteiger partial charge in [0.25, 0.3) is 5.91 Å². The highest BCUT2D eigenvalue weighted by atomic mass is 35.5. The van der Waals surface area contributed by atoms with Gasteiger partial charge in [-0.3, -0.25) is 9.59 Å². The second-order valence-electron chi connectivity index (χ2n) is 6.82. The lowest BCUT2D eigenvalue weighted by Crippen LogP contribution is -2.46. The third-order valence-electron chi connectivity index (χ3n) is 4.90. The molecule has 7 heteroatoms. The van der Waals surface area contributed by atoms with Crippen LogP contribution in [0.3, 0.4) is 0 Å². The standard InChI is InChI=1S/C21H22ClFN2O3/c1-24(13-14-5-8-16(23)9-6-14)21(27)18-4-3-11-25(18)20(26)17-12-15(22)7-10-19(17)28-2/h5-10,12,18H,3-4,11,13H2,1-2H3/t18-/m0/s1. The van der Waals surface area contributed by atoms with E-state index in [0.717, 1.165) is 12.0 Å². The van der Waals surface area contributed by atoms with E-state index in [9.17, 15) is 14.0 Å².